The van der Waals surface area contributed by atoms with Gasteiger partial charge < -0.3 is 20.3 Å². The molecule has 2 heterocycles. The van der Waals surface area contributed by atoms with E-state index in [4.69, 9.17) is 10.5 Å². The van der Waals surface area contributed by atoms with Crippen LogP contribution in [-0.2, 0) is 0 Å². The predicted molar refractivity (Wildman–Crippen MR) is 88.1 cm³/mol. The minimum Gasteiger partial charge on any atom is -0.486 e. The van der Waals surface area contributed by atoms with Crippen molar-refractivity contribution in [3.63, 3.8) is 0 Å². The molecule has 21 heavy (non-hydrogen) atoms. The molecule has 0 spiro atoms. The normalized spacial score (nSPS) is 22.7. The lowest BCUT2D eigenvalue weighted by Crippen LogP contribution is -2.44. The molecule has 1 fully saturated rings. The Morgan fingerprint density at radius 2 is 2.00 bits per heavy atom. The smallest absolute Gasteiger partial charge is 0.143 e. The number of nitrogen functional groups attached to an aromatic ring is 1. The summed E-state index contributed by atoms with van der Waals surface area (Å²) in [6.07, 6.45) is 5.44. The summed E-state index contributed by atoms with van der Waals surface area (Å²) in [5.41, 5.74) is 7.94. The zero-order valence-electron chi connectivity index (χ0n) is 13.1. The summed E-state index contributed by atoms with van der Waals surface area (Å²) in [7, 11) is 0. The van der Waals surface area contributed by atoms with E-state index in [1.807, 2.05) is 12.1 Å². The largest absolute Gasteiger partial charge is 0.486 e. The Balaban J connectivity index is 1.69. The first-order valence-electron chi connectivity index (χ1n) is 8.29. The number of ether oxygens (including phenoxy) is 1. The Hall–Kier alpha value is -1.42. The van der Waals surface area contributed by atoms with E-state index in [-0.39, 0.29) is 0 Å². The van der Waals surface area contributed by atoms with E-state index in [1.54, 1.807) is 0 Å². The third-order valence-corrected chi connectivity index (χ3v) is 4.63. The molecule has 0 bridgehead atoms. The highest BCUT2D eigenvalue weighted by Gasteiger charge is 2.25. The van der Waals surface area contributed by atoms with Gasteiger partial charge in [0.05, 0.1) is 12.2 Å². The molecule has 2 aliphatic rings. The fourth-order valence-corrected chi connectivity index (χ4v) is 3.31. The maximum Gasteiger partial charge on any atom is 0.143 e. The molecule has 1 aromatic carbocycles. The monoisotopic (exact) mass is 289 g/mol. The number of likely N-dealkylation sites (tertiary alicyclic amines) is 1. The first-order valence-corrected chi connectivity index (χ1v) is 8.29. The van der Waals surface area contributed by atoms with Gasteiger partial charge in [0.25, 0.3) is 0 Å². The quantitative estimate of drug-likeness (QED) is 0.865. The molecule has 1 aromatic rings. The van der Waals surface area contributed by atoms with Crippen LogP contribution in [-0.4, -0.2) is 43.7 Å². The Morgan fingerprint density at radius 1 is 1.19 bits per heavy atom. The Labute approximate surface area is 127 Å². The van der Waals surface area contributed by atoms with Crippen LogP contribution in [0.5, 0.6) is 5.75 Å². The molecule has 0 amide bonds. The average Bonchev–Trinajstić information content (AvgIpc) is 2.53. The summed E-state index contributed by atoms with van der Waals surface area (Å²) in [5.74, 6) is 0.987. The van der Waals surface area contributed by atoms with Crippen LogP contribution in [0.1, 0.15) is 32.6 Å². The molecule has 3 rings (SSSR count). The number of benzene rings is 1. The predicted octanol–water partition coefficient (Wildman–Crippen LogP) is 2.73. The van der Waals surface area contributed by atoms with Crippen LogP contribution in [0.25, 0.3) is 0 Å². The molecule has 2 N–H and O–H groups in total. The van der Waals surface area contributed by atoms with Crippen molar-refractivity contribution >= 4 is 11.4 Å². The van der Waals surface area contributed by atoms with Crippen molar-refractivity contribution in [3.8, 4) is 5.75 Å². The second kappa shape index (κ2) is 6.56. The fourth-order valence-electron chi connectivity index (χ4n) is 3.31. The molecule has 0 aromatic heterocycles. The van der Waals surface area contributed by atoms with E-state index >= 15 is 0 Å². The second-order valence-corrected chi connectivity index (χ2v) is 6.22. The summed E-state index contributed by atoms with van der Waals surface area (Å²) >= 11 is 0. The topological polar surface area (TPSA) is 41.7 Å². The highest BCUT2D eigenvalue weighted by atomic mass is 16.5. The molecule has 0 saturated carbocycles. The molecule has 1 atom stereocenters. The molecule has 0 radical (unpaired) electrons. The van der Waals surface area contributed by atoms with Crippen molar-refractivity contribution in [1.29, 1.82) is 0 Å². The van der Waals surface area contributed by atoms with E-state index in [1.165, 1.54) is 32.4 Å². The van der Waals surface area contributed by atoms with Crippen molar-refractivity contribution in [2.45, 2.75) is 38.7 Å². The lowest BCUT2D eigenvalue weighted by atomic mass is 10.1. The van der Waals surface area contributed by atoms with E-state index in [0.29, 0.717) is 6.10 Å². The lowest BCUT2D eigenvalue weighted by molar-refractivity contribution is 0.183. The SMILES string of the molecule is CCC1CN(CCN2CCCCC2)c2cc(N)ccc2O1. The van der Waals surface area contributed by atoms with Crippen LogP contribution in [0.4, 0.5) is 11.4 Å². The van der Waals surface area contributed by atoms with Gasteiger partial charge in [0, 0.05) is 18.8 Å². The zero-order valence-corrected chi connectivity index (χ0v) is 13.1. The third-order valence-electron chi connectivity index (χ3n) is 4.63. The van der Waals surface area contributed by atoms with Gasteiger partial charge in [0.15, 0.2) is 0 Å². The van der Waals surface area contributed by atoms with Crippen LogP contribution in [0.15, 0.2) is 18.2 Å². The third kappa shape index (κ3) is 3.43. The standard InChI is InChI=1S/C17H27N3O/c1-2-15-13-20(11-10-19-8-4-3-5-9-19)16-12-14(18)6-7-17(16)21-15/h6-7,12,15H,2-5,8-11,13,18H2,1H3. The summed E-state index contributed by atoms with van der Waals surface area (Å²) in [6, 6.07) is 6.00. The van der Waals surface area contributed by atoms with Gasteiger partial charge in [-0.05, 0) is 50.6 Å². The van der Waals surface area contributed by atoms with Gasteiger partial charge in [-0.25, -0.2) is 0 Å². The van der Waals surface area contributed by atoms with E-state index < -0.39 is 0 Å². The number of piperidine rings is 1. The van der Waals surface area contributed by atoms with E-state index in [2.05, 4.69) is 22.8 Å². The number of nitrogens with two attached hydrogens (primary N) is 1. The number of fused-ring (bicyclic) bond motifs is 1. The number of anilines is 2. The Kier molecular flexibility index (Phi) is 4.54. The minimum atomic E-state index is 0.294. The van der Waals surface area contributed by atoms with Crippen LogP contribution < -0.4 is 15.4 Å². The number of nitrogens with zero attached hydrogens (tertiary/aromatic N) is 2. The van der Waals surface area contributed by atoms with E-state index in [0.717, 1.165) is 43.2 Å². The van der Waals surface area contributed by atoms with Gasteiger partial charge in [-0.15, -0.1) is 0 Å². The molecule has 1 saturated heterocycles. The molecule has 2 aliphatic heterocycles. The highest BCUT2D eigenvalue weighted by molar-refractivity contribution is 5.66. The first kappa shape index (κ1) is 14.5. The molecule has 0 aliphatic carbocycles. The van der Waals surface area contributed by atoms with Crippen LogP contribution in [0.2, 0.25) is 0 Å². The second-order valence-electron chi connectivity index (χ2n) is 6.22. The first-order chi connectivity index (χ1) is 10.3. The number of rotatable bonds is 4. The molecule has 1 unspecified atom stereocenters. The van der Waals surface area contributed by atoms with Crippen LogP contribution >= 0.6 is 0 Å². The number of hydrogen-bond donors (Lipinski definition) is 1. The van der Waals surface area contributed by atoms with Crippen molar-refractivity contribution in [1.82, 2.24) is 4.90 Å². The molecule has 4 nitrogen and oxygen atoms in total. The molecular weight excluding hydrogens is 262 g/mol. The molecular formula is C17H27N3O. The fraction of sp³-hybridized carbons (Fsp3) is 0.647. The van der Waals surface area contributed by atoms with Crippen molar-refractivity contribution in [2.24, 2.45) is 0 Å². The highest BCUT2D eigenvalue weighted by Crippen LogP contribution is 2.35. The van der Waals surface area contributed by atoms with Gasteiger partial charge in [-0.1, -0.05) is 13.3 Å². The maximum atomic E-state index is 6.05. The number of hydrogen-bond acceptors (Lipinski definition) is 4. The van der Waals surface area contributed by atoms with Gasteiger partial charge >= 0.3 is 0 Å². The molecule has 116 valence electrons. The maximum absolute atomic E-state index is 6.05. The lowest BCUT2D eigenvalue weighted by Gasteiger charge is -2.38. The van der Waals surface area contributed by atoms with Gasteiger partial charge in [0.2, 0.25) is 0 Å². The van der Waals surface area contributed by atoms with Crippen molar-refractivity contribution < 1.29 is 4.74 Å². The van der Waals surface area contributed by atoms with Crippen LogP contribution in [0.3, 0.4) is 0 Å². The average molecular weight is 289 g/mol. The van der Waals surface area contributed by atoms with Gasteiger partial charge in [0.1, 0.15) is 11.9 Å². The van der Waals surface area contributed by atoms with E-state index in [9.17, 15) is 0 Å². The van der Waals surface area contributed by atoms with Crippen molar-refractivity contribution in [2.75, 3.05) is 43.4 Å². The minimum absolute atomic E-state index is 0.294. The Bertz CT molecular complexity index is 471. The summed E-state index contributed by atoms with van der Waals surface area (Å²) in [4.78, 5) is 5.05. The Morgan fingerprint density at radius 3 is 2.76 bits per heavy atom. The zero-order chi connectivity index (χ0) is 14.7. The molecule has 4 heteroatoms. The summed E-state index contributed by atoms with van der Waals surface area (Å²) in [5, 5.41) is 0. The van der Waals surface area contributed by atoms with Gasteiger partial charge in [-0.3, -0.25) is 0 Å². The summed E-state index contributed by atoms with van der Waals surface area (Å²) in [6.45, 7) is 7.88. The van der Waals surface area contributed by atoms with Crippen LogP contribution in [0, 0.1) is 0 Å². The van der Waals surface area contributed by atoms with Crippen molar-refractivity contribution in [3.05, 3.63) is 18.2 Å². The van der Waals surface area contributed by atoms with Gasteiger partial charge in [-0.2, -0.15) is 0 Å². The summed E-state index contributed by atoms with van der Waals surface area (Å²) < 4.78 is 6.05.